The van der Waals surface area contributed by atoms with Crippen LogP contribution in [-0.4, -0.2) is 45.2 Å². The zero-order valence-electron chi connectivity index (χ0n) is 15.3. The van der Waals surface area contributed by atoms with Gasteiger partial charge in [0.1, 0.15) is 12.2 Å². The normalized spacial score (nSPS) is 55.2. The molecule has 0 aromatic rings. The number of fused-ring (bicyclic) bond motifs is 2. The van der Waals surface area contributed by atoms with Gasteiger partial charge in [0.25, 0.3) is 0 Å². The Morgan fingerprint density at radius 3 is 2.24 bits per heavy atom. The first-order valence-electron chi connectivity index (χ1n) is 9.47. The third-order valence-corrected chi connectivity index (χ3v) is 8.16. The molecule has 1 spiro atoms. The van der Waals surface area contributed by atoms with E-state index in [-0.39, 0.29) is 29.1 Å². The fourth-order valence-corrected chi connectivity index (χ4v) is 6.25. The molecular weight excluding hydrogens is 320 g/mol. The molecule has 0 aromatic heterocycles. The van der Waals surface area contributed by atoms with Crippen LogP contribution < -0.4 is 0 Å². The Morgan fingerprint density at radius 1 is 1.08 bits per heavy atom. The van der Waals surface area contributed by atoms with Crippen molar-refractivity contribution in [2.75, 3.05) is 0 Å². The number of hydrogen-bond acceptors (Lipinski definition) is 5. The van der Waals surface area contributed by atoms with Crippen LogP contribution in [-0.2, 0) is 9.59 Å². The molecular formula is C20H28O5. The molecule has 138 valence electrons. The number of rotatable bonds is 0. The monoisotopic (exact) mass is 348 g/mol. The number of aliphatic hydroxyl groups excluding tert-OH is 3. The first kappa shape index (κ1) is 17.4. The lowest BCUT2D eigenvalue weighted by molar-refractivity contribution is -0.150. The minimum atomic E-state index is -1.34. The Bertz CT molecular complexity index is 696. The van der Waals surface area contributed by atoms with Gasteiger partial charge in [-0.05, 0) is 37.0 Å². The lowest BCUT2D eigenvalue weighted by atomic mass is 9.48. The van der Waals surface area contributed by atoms with Gasteiger partial charge in [0, 0.05) is 22.5 Å². The Balaban J connectivity index is 1.93. The molecule has 5 heteroatoms. The second-order valence-electron chi connectivity index (χ2n) is 9.28. The van der Waals surface area contributed by atoms with E-state index in [1.54, 1.807) is 0 Å². The van der Waals surface area contributed by atoms with Gasteiger partial charge in [-0.15, -0.1) is 0 Å². The standard InChI is InChI=1S/C20H28O5/c1-8-5-6-19(4)12(10(8)3)15(22)14(21)11-13(19)16(23)18(25)20(17(11)24)7-9(20)2/h8-10,12,14-15,18,21-22,25H,5-7H2,1-4H3/t8-,9+,10?,12?,14+,15+,18?,19+,20-/m1/s1. The largest absolute Gasteiger partial charge is 0.390 e. The summed E-state index contributed by atoms with van der Waals surface area (Å²) in [5.74, 6) is -0.601. The quantitative estimate of drug-likeness (QED) is 0.612. The van der Waals surface area contributed by atoms with Gasteiger partial charge in [0.05, 0.1) is 11.5 Å². The molecule has 0 saturated heterocycles. The molecule has 2 fully saturated rings. The Morgan fingerprint density at radius 2 is 1.68 bits per heavy atom. The molecule has 0 heterocycles. The molecule has 5 nitrogen and oxygen atoms in total. The van der Waals surface area contributed by atoms with Crippen molar-refractivity contribution in [1.29, 1.82) is 0 Å². The number of Topliss-reactive ketones (excluding diaryl/α,β-unsaturated/α-hetero) is 2. The second-order valence-corrected chi connectivity index (χ2v) is 9.28. The number of hydrogen-bond donors (Lipinski definition) is 3. The van der Waals surface area contributed by atoms with Gasteiger partial charge in [0.2, 0.25) is 0 Å². The maximum Gasteiger partial charge on any atom is 0.189 e. The van der Waals surface area contributed by atoms with Crippen molar-refractivity contribution in [2.45, 2.75) is 65.3 Å². The molecule has 4 aliphatic carbocycles. The lowest BCUT2D eigenvalue weighted by Gasteiger charge is -2.56. The highest BCUT2D eigenvalue weighted by molar-refractivity contribution is 6.19. The summed E-state index contributed by atoms with van der Waals surface area (Å²) in [4.78, 5) is 26.3. The number of carbonyl (C=O) groups excluding carboxylic acids is 2. The summed E-state index contributed by atoms with van der Waals surface area (Å²) in [6, 6.07) is 0. The van der Waals surface area contributed by atoms with E-state index in [0.29, 0.717) is 24.3 Å². The number of aliphatic hydroxyl groups is 3. The van der Waals surface area contributed by atoms with Crippen molar-refractivity contribution in [2.24, 2.45) is 34.5 Å². The van der Waals surface area contributed by atoms with Crippen molar-refractivity contribution < 1.29 is 24.9 Å². The summed E-state index contributed by atoms with van der Waals surface area (Å²) in [7, 11) is 0. The number of ketones is 2. The lowest BCUT2D eigenvalue weighted by Crippen LogP contribution is -2.61. The first-order valence-corrected chi connectivity index (χ1v) is 9.47. The van der Waals surface area contributed by atoms with E-state index in [0.717, 1.165) is 6.42 Å². The van der Waals surface area contributed by atoms with Gasteiger partial charge in [-0.1, -0.05) is 27.7 Å². The van der Waals surface area contributed by atoms with Crippen LogP contribution in [0.2, 0.25) is 0 Å². The van der Waals surface area contributed by atoms with Crippen molar-refractivity contribution in [3.8, 4) is 0 Å². The maximum absolute atomic E-state index is 13.2. The highest BCUT2D eigenvalue weighted by atomic mass is 16.3. The smallest absolute Gasteiger partial charge is 0.189 e. The summed E-state index contributed by atoms with van der Waals surface area (Å²) in [5.41, 5.74) is -1.36. The highest BCUT2D eigenvalue weighted by Crippen LogP contribution is 2.65. The van der Waals surface area contributed by atoms with Crippen LogP contribution in [0.15, 0.2) is 11.1 Å². The van der Waals surface area contributed by atoms with Crippen LogP contribution in [0, 0.1) is 34.5 Å². The average molecular weight is 348 g/mol. The maximum atomic E-state index is 13.2. The molecule has 0 bridgehead atoms. The van der Waals surface area contributed by atoms with Crippen molar-refractivity contribution >= 4 is 11.6 Å². The summed E-state index contributed by atoms with van der Waals surface area (Å²) in [6.07, 6.45) is -1.67. The Hall–Kier alpha value is -1.04. The van der Waals surface area contributed by atoms with Gasteiger partial charge in [-0.3, -0.25) is 9.59 Å². The van der Waals surface area contributed by atoms with E-state index in [4.69, 9.17) is 0 Å². The van der Waals surface area contributed by atoms with Crippen LogP contribution >= 0.6 is 0 Å². The molecule has 9 atom stereocenters. The topological polar surface area (TPSA) is 94.8 Å². The number of carbonyl (C=O) groups is 2. The first-order chi connectivity index (χ1) is 11.6. The van der Waals surface area contributed by atoms with Crippen molar-refractivity contribution in [3.63, 3.8) is 0 Å². The third kappa shape index (κ3) is 1.84. The Kier molecular flexibility index (Phi) is 3.49. The van der Waals surface area contributed by atoms with Crippen LogP contribution in [0.4, 0.5) is 0 Å². The molecule has 2 saturated carbocycles. The molecule has 0 radical (unpaired) electrons. The van der Waals surface area contributed by atoms with Gasteiger partial charge in [0.15, 0.2) is 11.6 Å². The Labute approximate surface area is 148 Å². The minimum absolute atomic E-state index is 0.0758. The summed E-state index contributed by atoms with van der Waals surface area (Å²) in [5, 5.41) is 32.3. The predicted octanol–water partition coefficient (Wildman–Crippen LogP) is 1.25. The van der Waals surface area contributed by atoms with Crippen molar-refractivity contribution in [1.82, 2.24) is 0 Å². The zero-order valence-corrected chi connectivity index (χ0v) is 15.3. The van der Waals surface area contributed by atoms with Gasteiger partial charge >= 0.3 is 0 Å². The van der Waals surface area contributed by atoms with Crippen LogP contribution in [0.3, 0.4) is 0 Å². The van der Waals surface area contributed by atoms with Gasteiger partial charge in [-0.2, -0.15) is 0 Å². The summed E-state index contributed by atoms with van der Waals surface area (Å²) >= 11 is 0. The van der Waals surface area contributed by atoms with Crippen LogP contribution in [0.1, 0.15) is 47.0 Å². The fraction of sp³-hybridized carbons (Fsp3) is 0.800. The van der Waals surface area contributed by atoms with Gasteiger partial charge < -0.3 is 15.3 Å². The molecule has 0 amide bonds. The molecule has 0 aromatic carbocycles. The van der Waals surface area contributed by atoms with E-state index in [1.807, 2.05) is 20.8 Å². The highest BCUT2D eigenvalue weighted by Gasteiger charge is 2.71. The second kappa shape index (κ2) is 5.02. The van der Waals surface area contributed by atoms with Crippen LogP contribution in [0.25, 0.3) is 0 Å². The molecule has 4 rings (SSSR count). The third-order valence-electron chi connectivity index (χ3n) is 8.16. The minimum Gasteiger partial charge on any atom is -0.390 e. The molecule has 3 unspecified atom stereocenters. The molecule has 25 heavy (non-hydrogen) atoms. The van der Waals surface area contributed by atoms with E-state index < -0.39 is 34.9 Å². The SMILES string of the molecule is CC1C2[C@H](O)[C@@H](O)C3=C(C(=O)C(O)[C@@]4(C[C@@H]4C)C3=O)[C@@]2(C)CC[C@H]1C. The molecule has 4 aliphatic rings. The van der Waals surface area contributed by atoms with Crippen LogP contribution in [0.5, 0.6) is 0 Å². The fourth-order valence-electron chi connectivity index (χ4n) is 6.25. The predicted molar refractivity (Wildman–Crippen MR) is 90.4 cm³/mol. The molecule has 3 N–H and O–H groups in total. The zero-order chi connectivity index (χ0) is 18.5. The van der Waals surface area contributed by atoms with E-state index >= 15 is 0 Å². The van der Waals surface area contributed by atoms with E-state index in [2.05, 4.69) is 6.92 Å². The summed E-state index contributed by atoms with van der Waals surface area (Å²) < 4.78 is 0. The van der Waals surface area contributed by atoms with Gasteiger partial charge in [-0.25, -0.2) is 0 Å². The van der Waals surface area contributed by atoms with Crippen molar-refractivity contribution in [3.05, 3.63) is 11.1 Å². The average Bonchev–Trinajstić information content (AvgIpc) is 3.23. The van der Waals surface area contributed by atoms with E-state index in [1.165, 1.54) is 0 Å². The van der Waals surface area contributed by atoms with E-state index in [9.17, 15) is 24.9 Å². The summed E-state index contributed by atoms with van der Waals surface area (Å²) in [6.45, 7) is 7.94. The molecule has 0 aliphatic heterocycles.